The summed E-state index contributed by atoms with van der Waals surface area (Å²) in [5, 5.41) is 2.79. The molecule has 2 atom stereocenters. The van der Waals surface area contributed by atoms with Crippen molar-refractivity contribution < 1.29 is 18.0 Å². The fourth-order valence-corrected chi connectivity index (χ4v) is 5.41. The van der Waals surface area contributed by atoms with Gasteiger partial charge in [0.25, 0.3) is 0 Å². The van der Waals surface area contributed by atoms with Crippen molar-refractivity contribution in [1.29, 1.82) is 0 Å². The summed E-state index contributed by atoms with van der Waals surface area (Å²) in [6.07, 6.45) is 6.79. The van der Waals surface area contributed by atoms with Crippen molar-refractivity contribution in [3.8, 4) is 0 Å². The van der Waals surface area contributed by atoms with Crippen LogP contribution in [0.1, 0.15) is 45.4 Å². The first-order valence-electron chi connectivity index (χ1n) is 10.2. The maximum absolute atomic E-state index is 12.7. The molecule has 1 aromatic carbocycles. The van der Waals surface area contributed by atoms with Crippen LogP contribution in [0.5, 0.6) is 0 Å². The summed E-state index contributed by atoms with van der Waals surface area (Å²) in [6.45, 7) is 6.01. The number of nitrogens with one attached hydrogen (secondary N) is 2. The molecule has 0 radical (unpaired) electrons. The second-order valence-electron chi connectivity index (χ2n) is 8.02. The predicted octanol–water partition coefficient (Wildman–Crippen LogP) is 2.66. The lowest BCUT2D eigenvalue weighted by molar-refractivity contribution is -0.132. The summed E-state index contributed by atoms with van der Waals surface area (Å²) in [5.41, 5.74) is 0.497. The van der Waals surface area contributed by atoms with Gasteiger partial charge >= 0.3 is 0 Å². The maximum atomic E-state index is 12.7. The molecule has 0 unspecified atom stereocenters. The highest BCUT2D eigenvalue weighted by Crippen LogP contribution is 2.25. The number of benzene rings is 1. The van der Waals surface area contributed by atoms with Gasteiger partial charge in [-0.1, -0.05) is 32.8 Å². The van der Waals surface area contributed by atoms with Crippen LogP contribution >= 0.6 is 0 Å². The van der Waals surface area contributed by atoms with Crippen molar-refractivity contribution in [3.05, 3.63) is 36.9 Å². The first kappa shape index (κ1) is 21.5. The average Bonchev–Trinajstić information content (AvgIpc) is 3.10. The molecule has 2 aliphatic rings. The molecule has 1 heterocycles. The number of likely N-dealkylation sites (tertiary alicyclic amines) is 1. The molecule has 3 rings (SSSR count). The molecule has 0 aromatic heterocycles. The maximum Gasteiger partial charge on any atom is 0.247 e. The van der Waals surface area contributed by atoms with Gasteiger partial charge in [0.15, 0.2) is 0 Å². The van der Waals surface area contributed by atoms with E-state index in [1.807, 2.05) is 6.92 Å². The van der Waals surface area contributed by atoms with Crippen molar-refractivity contribution in [3.63, 3.8) is 0 Å². The van der Waals surface area contributed by atoms with E-state index in [0.717, 1.165) is 32.1 Å². The Hall–Kier alpha value is -2.19. The fourth-order valence-electron chi connectivity index (χ4n) is 4.11. The highest BCUT2D eigenvalue weighted by molar-refractivity contribution is 7.89. The highest BCUT2D eigenvalue weighted by Gasteiger charge is 2.36. The molecule has 7 nitrogen and oxygen atoms in total. The third-order valence-electron chi connectivity index (χ3n) is 5.63. The van der Waals surface area contributed by atoms with Crippen molar-refractivity contribution >= 4 is 27.5 Å². The van der Waals surface area contributed by atoms with Crippen LogP contribution in [0.3, 0.4) is 0 Å². The minimum absolute atomic E-state index is 0.00846. The molecule has 29 heavy (non-hydrogen) atoms. The molecule has 1 saturated heterocycles. The van der Waals surface area contributed by atoms with Crippen LogP contribution in [0.4, 0.5) is 5.69 Å². The molecule has 1 saturated carbocycles. The molecule has 2 amide bonds. The molecule has 0 bridgehead atoms. The Kier molecular flexibility index (Phi) is 6.74. The second-order valence-corrected chi connectivity index (χ2v) is 9.74. The summed E-state index contributed by atoms with van der Waals surface area (Å²) in [6, 6.07) is 5.57. The number of carbonyl (C=O) groups excluding carboxylic acids is 2. The van der Waals surface area contributed by atoms with Gasteiger partial charge in [-0.3, -0.25) is 9.59 Å². The molecule has 0 spiro atoms. The number of sulfonamides is 1. The molecular weight excluding hydrogens is 390 g/mol. The van der Waals surface area contributed by atoms with Crippen LogP contribution in [0.25, 0.3) is 0 Å². The van der Waals surface area contributed by atoms with E-state index in [1.54, 1.807) is 12.1 Å². The number of amides is 2. The summed E-state index contributed by atoms with van der Waals surface area (Å²) in [4.78, 5) is 26.4. The Morgan fingerprint density at radius 1 is 1.14 bits per heavy atom. The van der Waals surface area contributed by atoms with Gasteiger partial charge in [0.05, 0.1) is 4.90 Å². The molecule has 1 aliphatic carbocycles. The third-order valence-corrected chi connectivity index (χ3v) is 7.17. The van der Waals surface area contributed by atoms with E-state index in [1.165, 1.54) is 23.1 Å². The largest absolute Gasteiger partial charge is 0.327 e. The van der Waals surface area contributed by atoms with E-state index >= 15 is 0 Å². The standard InChI is InChI=1S/C21H29N3O4S/c1-3-20(25)24-14-15(2)13-19(24)21(26)22-16-9-11-18(12-10-16)29(27,28)23-17-7-5-4-6-8-17/h3,9-12,15,17,19,23H,1,4-8,13-14H2,2H3,(H,22,26)/t15-,19+/m1/s1. The zero-order valence-corrected chi connectivity index (χ0v) is 17.6. The molecule has 2 fully saturated rings. The van der Waals surface area contributed by atoms with E-state index in [9.17, 15) is 18.0 Å². The Balaban J connectivity index is 1.64. The number of nitrogens with zero attached hydrogens (tertiary/aromatic N) is 1. The van der Waals surface area contributed by atoms with Gasteiger partial charge in [0.1, 0.15) is 6.04 Å². The van der Waals surface area contributed by atoms with Crippen LogP contribution in [0.2, 0.25) is 0 Å². The number of anilines is 1. The van der Waals surface area contributed by atoms with E-state index in [-0.39, 0.29) is 28.7 Å². The van der Waals surface area contributed by atoms with Crippen molar-refractivity contribution in [2.75, 3.05) is 11.9 Å². The molecule has 8 heteroatoms. The van der Waals surface area contributed by atoms with Gasteiger partial charge in [0, 0.05) is 18.3 Å². The molecule has 158 valence electrons. The third kappa shape index (κ3) is 5.25. The molecular formula is C21H29N3O4S. The first-order valence-corrected chi connectivity index (χ1v) is 11.6. The SMILES string of the molecule is C=CC(=O)N1C[C@H](C)C[C@H]1C(=O)Nc1ccc(S(=O)(=O)NC2CCCCC2)cc1. The van der Waals surface area contributed by atoms with E-state index in [4.69, 9.17) is 0 Å². The Labute approximate surface area is 172 Å². The van der Waals surface area contributed by atoms with Gasteiger partial charge < -0.3 is 10.2 Å². The topological polar surface area (TPSA) is 95.6 Å². The van der Waals surface area contributed by atoms with Gasteiger partial charge in [-0.15, -0.1) is 0 Å². The Morgan fingerprint density at radius 2 is 1.79 bits per heavy atom. The van der Waals surface area contributed by atoms with Crippen LogP contribution in [0.15, 0.2) is 41.8 Å². The Bertz CT molecular complexity index is 860. The smallest absolute Gasteiger partial charge is 0.247 e. The average molecular weight is 420 g/mol. The lowest BCUT2D eigenvalue weighted by Gasteiger charge is -2.23. The fraction of sp³-hybridized carbons (Fsp3) is 0.524. The van der Waals surface area contributed by atoms with Gasteiger partial charge in [-0.2, -0.15) is 0 Å². The first-order chi connectivity index (χ1) is 13.8. The van der Waals surface area contributed by atoms with Crippen LogP contribution < -0.4 is 10.0 Å². The Morgan fingerprint density at radius 3 is 2.41 bits per heavy atom. The van der Waals surface area contributed by atoms with Crippen molar-refractivity contribution in [2.45, 2.75) is 62.4 Å². The molecule has 1 aliphatic heterocycles. The summed E-state index contributed by atoms with van der Waals surface area (Å²) >= 11 is 0. The number of hydrogen-bond donors (Lipinski definition) is 2. The second kappa shape index (κ2) is 9.09. The lowest BCUT2D eigenvalue weighted by Crippen LogP contribution is -2.42. The van der Waals surface area contributed by atoms with Crippen LogP contribution in [-0.2, 0) is 19.6 Å². The van der Waals surface area contributed by atoms with Gasteiger partial charge in [0.2, 0.25) is 21.8 Å². The summed E-state index contributed by atoms with van der Waals surface area (Å²) < 4.78 is 27.9. The van der Waals surface area contributed by atoms with Crippen molar-refractivity contribution in [1.82, 2.24) is 9.62 Å². The van der Waals surface area contributed by atoms with Crippen molar-refractivity contribution in [2.24, 2.45) is 5.92 Å². The highest BCUT2D eigenvalue weighted by atomic mass is 32.2. The molecule has 2 N–H and O–H groups in total. The predicted molar refractivity (Wildman–Crippen MR) is 112 cm³/mol. The zero-order valence-electron chi connectivity index (χ0n) is 16.8. The number of rotatable bonds is 6. The number of hydrogen-bond acceptors (Lipinski definition) is 4. The monoisotopic (exact) mass is 419 g/mol. The summed E-state index contributed by atoms with van der Waals surface area (Å²) in [7, 11) is -3.58. The van der Waals surface area contributed by atoms with Gasteiger partial charge in [-0.25, -0.2) is 13.1 Å². The number of carbonyl (C=O) groups is 2. The zero-order chi connectivity index (χ0) is 21.0. The normalized spacial score (nSPS) is 23.0. The minimum atomic E-state index is -3.58. The molecule has 1 aromatic rings. The van der Waals surface area contributed by atoms with Crippen LogP contribution in [0, 0.1) is 5.92 Å². The van der Waals surface area contributed by atoms with E-state index in [2.05, 4.69) is 16.6 Å². The van der Waals surface area contributed by atoms with Crippen LogP contribution in [-0.4, -0.2) is 43.8 Å². The van der Waals surface area contributed by atoms with E-state index in [0.29, 0.717) is 18.7 Å². The lowest BCUT2D eigenvalue weighted by atomic mass is 9.96. The minimum Gasteiger partial charge on any atom is -0.327 e. The quantitative estimate of drug-likeness (QED) is 0.693. The van der Waals surface area contributed by atoms with Gasteiger partial charge in [-0.05, 0) is 55.5 Å². The van der Waals surface area contributed by atoms with E-state index < -0.39 is 16.1 Å². The summed E-state index contributed by atoms with van der Waals surface area (Å²) in [5.74, 6) is -0.307.